The molecule has 1 aliphatic rings. The van der Waals surface area contributed by atoms with Crippen molar-refractivity contribution in [2.45, 2.75) is 6.10 Å². The average Bonchev–Trinajstić information content (AvgIpc) is 2.60. The maximum Gasteiger partial charge on any atom is 0.415 e. The molecule has 0 bridgehead atoms. The van der Waals surface area contributed by atoms with Crippen molar-refractivity contribution >= 4 is 27.7 Å². The molecule has 1 aromatic rings. The molecule has 0 spiro atoms. The quantitative estimate of drug-likeness (QED) is 0.849. The first-order valence-electron chi connectivity index (χ1n) is 4.97. The van der Waals surface area contributed by atoms with Gasteiger partial charge in [-0.3, -0.25) is 9.69 Å². The summed E-state index contributed by atoms with van der Waals surface area (Å²) in [6.07, 6.45) is -0.865. The van der Waals surface area contributed by atoms with E-state index in [2.05, 4.69) is 20.9 Å². The van der Waals surface area contributed by atoms with E-state index in [0.29, 0.717) is 17.8 Å². The standard InChI is InChI=1S/C10H11BrN2O4/c1-16-5-6-4-13(10(15)17-6)7-2-3-8(11)12-9(7)14/h2-3,6H,4-5H2,1H3,(H,12,14). The lowest BCUT2D eigenvalue weighted by molar-refractivity contribution is 0.0718. The Hall–Kier alpha value is -1.34. The number of rotatable bonds is 3. The summed E-state index contributed by atoms with van der Waals surface area (Å²) in [5.41, 5.74) is -0.0637. The van der Waals surface area contributed by atoms with E-state index in [1.54, 1.807) is 12.1 Å². The molecular weight excluding hydrogens is 292 g/mol. The van der Waals surface area contributed by atoms with Gasteiger partial charge in [-0.1, -0.05) is 0 Å². The summed E-state index contributed by atoms with van der Waals surface area (Å²) in [7, 11) is 1.53. The van der Waals surface area contributed by atoms with Gasteiger partial charge < -0.3 is 14.5 Å². The first-order chi connectivity index (χ1) is 8.11. The summed E-state index contributed by atoms with van der Waals surface area (Å²) in [5, 5.41) is 0. The minimum Gasteiger partial charge on any atom is -0.441 e. The summed E-state index contributed by atoms with van der Waals surface area (Å²) >= 11 is 3.15. The van der Waals surface area contributed by atoms with Crippen molar-refractivity contribution in [1.82, 2.24) is 4.98 Å². The number of amides is 1. The van der Waals surface area contributed by atoms with Gasteiger partial charge in [-0.25, -0.2) is 4.79 Å². The molecule has 6 nitrogen and oxygen atoms in total. The van der Waals surface area contributed by atoms with E-state index in [-0.39, 0.29) is 17.4 Å². The molecule has 0 radical (unpaired) electrons. The van der Waals surface area contributed by atoms with Gasteiger partial charge >= 0.3 is 6.09 Å². The van der Waals surface area contributed by atoms with E-state index in [9.17, 15) is 9.59 Å². The molecule has 7 heteroatoms. The van der Waals surface area contributed by atoms with E-state index >= 15 is 0 Å². The lowest BCUT2D eigenvalue weighted by atomic mass is 10.3. The lowest BCUT2D eigenvalue weighted by Crippen LogP contribution is -2.30. The highest BCUT2D eigenvalue weighted by atomic mass is 79.9. The number of cyclic esters (lactones) is 1. The molecule has 1 aromatic heterocycles. The van der Waals surface area contributed by atoms with Crippen molar-refractivity contribution in [3.63, 3.8) is 0 Å². The van der Waals surface area contributed by atoms with Crippen LogP contribution in [0.2, 0.25) is 0 Å². The zero-order valence-corrected chi connectivity index (χ0v) is 10.7. The van der Waals surface area contributed by atoms with E-state index in [1.165, 1.54) is 12.0 Å². The van der Waals surface area contributed by atoms with Crippen molar-refractivity contribution in [3.05, 3.63) is 27.1 Å². The zero-order valence-electron chi connectivity index (χ0n) is 9.10. The Morgan fingerprint density at radius 1 is 1.59 bits per heavy atom. The maximum atomic E-state index is 11.7. The number of hydrogen-bond donors (Lipinski definition) is 1. The van der Waals surface area contributed by atoms with E-state index in [1.807, 2.05) is 0 Å². The molecule has 2 heterocycles. The third kappa shape index (κ3) is 2.50. The Labute approximate surface area is 106 Å². The number of aromatic amines is 1. The van der Waals surface area contributed by atoms with Crippen LogP contribution in [0.25, 0.3) is 0 Å². The Morgan fingerprint density at radius 3 is 3.00 bits per heavy atom. The average molecular weight is 303 g/mol. The molecule has 0 saturated carbocycles. The van der Waals surface area contributed by atoms with Crippen molar-refractivity contribution in [1.29, 1.82) is 0 Å². The van der Waals surface area contributed by atoms with Gasteiger partial charge in [-0.15, -0.1) is 0 Å². The van der Waals surface area contributed by atoms with Crippen LogP contribution >= 0.6 is 15.9 Å². The van der Waals surface area contributed by atoms with E-state index in [4.69, 9.17) is 9.47 Å². The fourth-order valence-electron chi connectivity index (χ4n) is 1.65. The maximum absolute atomic E-state index is 11.7. The number of anilines is 1. The second-order valence-electron chi connectivity index (χ2n) is 3.59. The molecule has 1 amide bonds. The fraction of sp³-hybridized carbons (Fsp3) is 0.400. The van der Waals surface area contributed by atoms with Gasteiger partial charge in [0.2, 0.25) is 0 Å². The molecule has 0 aliphatic carbocycles. The Bertz CT molecular complexity index is 487. The monoisotopic (exact) mass is 302 g/mol. The predicted molar refractivity (Wildman–Crippen MR) is 64.3 cm³/mol. The van der Waals surface area contributed by atoms with Gasteiger partial charge in [0.25, 0.3) is 5.56 Å². The van der Waals surface area contributed by atoms with Gasteiger partial charge in [0, 0.05) is 7.11 Å². The number of ether oxygens (including phenoxy) is 2. The van der Waals surface area contributed by atoms with E-state index in [0.717, 1.165) is 0 Å². The first kappa shape index (κ1) is 12.1. The second-order valence-corrected chi connectivity index (χ2v) is 4.45. The van der Waals surface area contributed by atoms with Crippen molar-refractivity contribution in [3.8, 4) is 0 Å². The number of pyridine rings is 1. The highest BCUT2D eigenvalue weighted by molar-refractivity contribution is 9.10. The summed E-state index contributed by atoms with van der Waals surface area (Å²) < 4.78 is 10.5. The molecule has 1 atom stereocenters. The predicted octanol–water partition coefficient (Wildman–Crippen LogP) is 1.11. The second kappa shape index (κ2) is 4.89. The molecule has 1 unspecified atom stereocenters. The van der Waals surface area contributed by atoms with Crippen LogP contribution in [0.5, 0.6) is 0 Å². The molecule has 1 N–H and O–H groups in total. The SMILES string of the molecule is COCC1CN(c2ccc(Br)[nH]c2=O)C(=O)O1. The minimum absolute atomic E-state index is 0.275. The largest absolute Gasteiger partial charge is 0.441 e. The number of hydrogen-bond acceptors (Lipinski definition) is 4. The van der Waals surface area contributed by atoms with Crippen LogP contribution in [0.15, 0.2) is 21.5 Å². The highest BCUT2D eigenvalue weighted by Crippen LogP contribution is 2.18. The van der Waals surface area contributed by atoms with Crippen LogP contribution in [-0.2, 0) is 9.47 Å². The van der Waals surface area contributed by atoms with Crippen LogP contribution < -0.4 is 10.5 Å². The summed E-state index contributed by atoms with van der Waals surface area (Å²) in [5.74, 6) is 0. The number of halogens is 1. The number of methoxy groups -OCH3 is 1. The van der Waals surface area contributed by atoms with Gasteiger partial charge in [0.1, 0.15) is 11.8 Å². The lowest BCUT2D eigenvalue weighted by Gasteiger charge is -2.11. The van der Waals surface area contributed by atoms with Gasteiger partial charge in [-0.2, -0.15) is 0 Å². The van der Waals surface area contributed by atoms with Crippen molar-refractivity contribution < 1.29 is 14.3 Å². The zero-order chi connectivity index (χ0) is 12.4. The molecule has 2 rings (SSSR count). The number of nitrogens with zero attached hydrogens (tertiary/aromatic N) is 1. The van der Waals surface area contributed by atoms with Gasteiger partial charge in [-0.05, 0) is 28.1 Å². The number of carbonyl (C=O) groups excluding carboxylic acids is 1. The topological polar surface area (TPSA) is 71.6 Å². The Morgan fingerprint density at radius 2 is 2.35 bits per heavy atom. The highest BCUT2D eigenvalue weighted by Gasteiger charge is 2.33. The van der Waals surface area contributed by atoms with Gasteiger partial charge in [0.05, 0.1) is 17.8 Å². The molecular formula is C10H11BrN2O4. The minimum atomic E-state index is -0.528. The first-order valence-corrected chi connectivity index (χ1v) is 5.77. The molecule has 92 valence electrons. The third-order valence-electron chi connectivity index (χ3n) is 2.37. The van der Waals surface area contributed by atoms with Crippen LogP contribution in [0.4, 0.5) is 10.5 Å². The fourth-order valence-corrected chi connectivity index (χ4v) is 1.96. The van der Waals surface area contributed by atoms with Crippen LogP contribution in [0.1, 0.15) is 0 Å². The normalized spacial score (nSPS) is 19.5. The van der Waals surface area contributed by atoms with Crippen LogP contribution in [0.3, 0.4) is 0 Å². The molecule has 1 aliphatic heterocycles. The smallest absolute Gasteiger partial charge is 0.415 e. The molecule has 1 saturated heterocycles. The van der Waals surface area contributed by atoms with Crippen LogP contribution in [-0.4, -0.2) is 37.4 Å². The van der Waals surface area contributed by atoms with E-state index < -0.39 is 6.09 Å². The summed E-state index contributed by atoms with van der Waals surface area (Å²) in [4.78, 5) is 27.1. The Kier molecular flexibility index (Phi) is 3.49. The number of H-pyrrole nitrogens is 1. The van der Waals surface area contributed by atoms with Crippen molar-refractivity contribution in [2.75, 3.05) is 25.2 Å². The number of aromatic nitrogens is 1. The third-order valence-corrected chi connectivity index (χ3v) is 2.83. The van der Waals surface area contributed by atoms with Crippen molar-refractivity contribution in [2.24, 2.45) is 0 Å². The Balaban J connectivity index is 2.23. The molecule has 17 heavy (non-hydrogen) atoms. The summed E-state index contributed by atoms with van der Waals surface area (Å²) in [6, 6.07) is 3.23. The van der Waals surface area contributed by atoms with Gasteiger partial charge in [0.15, 0.2) is 0 Å². The number of carbonyl (C=O) groups is 1. The molecule has 1 fully saturated rings. The van der Waals surface area contributed by atoms with Crippen LogP contribution in [0, 0.1) is 0 Å². The number of nitrogens with one attached hydrogen (secondary N) is 1. The summed E-state index contributed by atoms with van der Waals surface area (Å²) in [6.45, 7) is 0.633. The molecule has 0 aromatic carbocycles.